The van der Waals surface area contributed by atoms with E-state index >= 15 is 0 Å². The maximum absolute atomic E-state index is 12.9. The lowest BCUT2D eigenvalue weighted by Crippen LogP contribution is -2.48. The minimum atomic E-state index is -4.53. The number of nitrogens with zero attached hydrogens (tertiary/aromatic N) is 2. The van der Waals surface area contributed by atoms with Crippen molar-refractivity contribution >= 4 is 27.8 Å². The highest BCUT2D eigenvalue weighted by atomic mass is 32.2. The van der Waals surface area contributed by atoms with E-state index in [-0.39, 0.29) is 43.7 Å². The van der Waals surface area contributed by atoms with Gasteiger partial charge in [0.2, 0.25) is 0 Å². The van der Waals surface area contributed by atoms with Gasteiger partial charge in [-0.2, -0.15) is 30.9 Å². The summed E-state index contributed by atoms with van der Waals surface area (Å²) >= 11 is 0. The van der Waals surface area contributed by atoms with Crippen molar-refractivity contribution in [2.45, 2.75) is 13.1 Å². The monoisotopic (exact) mass is 434 g/mol. The summed E-state index contributed by atoms with van der Waals surface area (Å²) in [7, 11) is -4.08. The molecule has 0 aliphatic carbocycles. The van der Waals surface area contributed by atoms with E-state index in [9.17, 15) is 26.4 Å². The molecule has 1 aromatic heterocycles. The third-order valence-electron chi connectivity index (χ3n) is 4.07. The molecule has 1 amide bonds. The first kappa shape index (κ1) is 21.1. The van der Waals surface area contributed by atoms with Crippen LogP contribution in [-0.2, 0) is 21.1 Å². The number of benzene rings is 1. The molecule has 0 saturated carbocycles. The molecule has 1 saturated heterocycles. The molecule has 1 aromatic carbocycles. The van der Waals surface area contributed by atoms with E-state index < -0.39 is 27.9 Å². The Morgan fingerprint density at radius 3 is 2.59 bits per heavy atom. The molecule has 0 unspecified atom stereocenters. The van der Waals surface area contributed by atoms with Crippen LogP contribution in [0.1, 0.15) is 21.6 Å². The SMILES string of the molecule is Cc1ccc(C(F)(F)F)cc1Nc1nc(C(=O)NS(=O)(=O)N2CCOCC2)co1. The second-order valence-corrected chi connectivity index (χ2v) is 7.81. The molecule has 2 aromatic rings. The van der Waals surface area contributed by atoms with Crippen LogP contribution < -0.4 is 10.0 Å². The highest BCUT2D eigenvalue weighted by Crippen LogP contribution is 2.32. The van der Waals surface area contributed by atoms with Crippen LogP contribution in [0, 0.1) is 6.92 Å². The van der Waals surface area contributed by atoms with Gasteiger partial charge in [0.1, 0.15) is 6.26 Å². The molecule has 1 aliphatic rings. The summed E-state index contributed by atoms with van der Waals surface area (Å²) in [6.07, 6.45) is -3.63. The van der Waals surface area contributed by atoms with Gasteiger partial charge in [0, 0.05) is 18.8 Å². The van der Waals surface area contributed by atoms with Crippen molar-refractivity contribution in [3.63, 3.8) is 0 Å². The van der Waals surface area contributed by atoms with Gasteiger partial charge in [0.05, 0.1) is 18.8 Å². The molecular formula is C16H17F3N4O5S. The number of hydrogen-bond donors (Lipinski definition) is 2. The maximum Gasteiger partial charge on any atom is 0.416 e. The maximum atomic E-state index is 12.9. The standard InChI is InChI=1S/C16H17F3N4O5S/c1-10-2-3-11(16(17,18)19)8-12(10)20-15-21-13(9-28-15)14(24)22-29(25,26)23-4-6-27-7-5-23/h2-3,8-9H,4-7H2,1H3,(H,20,21)(H,22,24). The molecule has 0 bridgehead atoms. The third-order valence-corrected chi connectivity index (χ3v) is 5.56. The molecule has 0 radical (unpaired) electrons. The molecule has 29 heavy (non-hydrogen) atoms. The number of aryl methyl sites for hydroxylation is 1. The Balaban J connectivity index is 1.72. The number of nitrogens with one attached hydrogen (secondary N) is 2. The van der Waals surface area contributed by atoms with E-state index in [0.717, 1.165) is 22.7 Å². The van der Waals surface area contributed by atoms with E-state index in [0.29, 0.717) is 5.56 Å². The molecular weight excluding hydrogens is 417 g/mol. The van der Waals surface area contributed by atoms with Crippen molar-refractivity contribution in [2.24, 2.45) is 0 Å². The summed E-state index contributed by atoms with van der Waals surface area (Å²) in [4.78, 5) is 16.0. The zero-order valence-electron chi connectivity index (χ0n) is 15.1. The minimum absolute atomic E-state index is 0.0783. The topological polar surface area (TPSA) is 114 Å². The van der Waals surface area contributed by atoms with Crippen molar-refractivity contribution in [3.05, 3.63) is 41.3 Å². The van der Waals surface area contributed by atoms with E-state index in [2.05, 4.69) is 10.3 Å². The lowest BCUT2D eigenvalue weighted by Gasteiger charge is -2.25. The number of hydrogen-bond acceptors (Lipinski definition) is 7. The van der Waals surface area contributed by atoms with E-state index in [1.54, 1.807) is 6.92 Å². The van der Waals surface area contributed by atoms with Gasteiger partial charge in [-0.1, -0.05) is 6.07 Å². The van der Waals surface area contributed by atoms with Crippen molar-refractivity contribution in [1.82, 2.24) is 14.0 Å². The number of rotatable bonds is 5. The summed E-state index contributed by atoms with van der Waals surface area (Å²) in [5.74, 6) is -1.03. The van der Waals surface area contributed by atoms with Gasteiger partial charge < -0.3 is 14.5 Å². The molecule has 158 valence electrons. The van der Waals surface area contributed by atoms with Crippen LogP contribution >= 0.6 is 0 Å². The predicted octanol–water partition coefficient (Wildman–Crippen LogP) is 2.05. The van der Waals surface area contributed by atoms with Gasteiger partial charge in [-0.05, 0) is 24.6 Å². The number of carbonyl (C=O) groups is 1. The number of morpholine rings is 1. The summed E-state index contributed by atoms with van der Waals surface area (Å²) < 4.78 is 76.0. The quantitative estimate of drug-likeness (QED) is 0.740. The van der Waals surface area contributed by atoms with Crippen LogP contribution in [0.25, 0.3) is 0 Å². The number of amides is 1. The van der Waals surface area contributed by atoms with Crippen LogP contribution in [-0.4, -0.2) is 49.9 Å². The fraction of sp³-hybridized carbons (Fsp3) is 0.375. The Hall–Kier alpha value is -2.64. The van der Waals surface area contributed by atoms with Crippen LogP contribution in [0.15, 0.2) is 28.9 Å². The predicted molar refractivity (Wildman–Crippen MR) is 94.7 cm³/mol. The Labute approximate surface area is 164 Å². The van der Waals surface area contributed by atoms with Gasteiger partial charge in [-0.15, -0.1) is 0 Å². The van der Waals surface area contributed by atoms with Crippen LogP contribution in [0.5, 0.6) is 0 Å². The van der Waals surface area contributed by atoms with E-state index in [1.807, 2.05) is 4.72 Å². The van der Waals surface area contributed by atoms with Crippen LogP contribution in [0.4, 0.5) is 24.9 Å². The van der Waals surface area contributed by atoms with Crippen molar-refractivity contribution in [2.75, 3.05) is 31.6 Å². The molecule has 0 atom stereocenters. The second kappa shape index (κ2) is 8.00. The molecule has 1 aliphatic heterocycles. The number of oxazole rings is 1. The Bertz CT molecular complexity index is 1000. The summed E-state index contributed by atoms with van der Waals surface area (Å²) in [6, 6.07) is 2.82. The number of ether oxygens (including phenoxy) is 1. The average molecular weight is 434 g/mol. The van der Waals surface area contributed by atoms with Crippen LogP contribution in [0.3, 0.4) is 0 Å². The van der Waals surface area contributed by atoms with Crippen molar-refractivity contribution < 1.29 is 35.5 Å². The number of aromatic nitrogens is 1. The summed E-state index contributed by atoms with van der Waals surface area (Å²) in [5.41, 5.74) is -0.660. The molecule has 3 rings (SSSR count). The van der Waals surface area contributed by atoms with E-state index in [1.165, 1.54) is 6.07 Å². The summed E-state index contributed by atoms with van der Waals surface area (Å²) in [5, 5.41) is 2.55. The zero-order valence-corrected chi connectivity index (χ0v) is 15.9. The first-order valence-electron chi connectivity index (χ1n) is 8.36. The normalized spacial score (nSPS) is 15.9. The highest BCUT2D eigenvalue weighted by molar-refractivity contribution is 7.87. The average Bonchev–Trinajstić information content (AvgIpc) is 3.12. The smallest absolute Gasteiger partial charge is 0.416 e. The van der Waals surface area contributed by atoms with Gasteiger partial charge in [-0.3, -0.25) is 4.79 Å². The van der Waals surface area contributed by atoms with Crippen molar-refractivity contribution in [3.8, 4) is 0 Å². The molecule has 2 heterocycles. The van der Waals surface area contributed by atoms with Crippen LogP contribution in [0.2, 0.25) is 0 Å². The van der Waals surface area contributed by atoms with Gasteiger partial charge >= 0.3 is 16.4 Å². The number of anilines is 2. The Kier molecular flexibility index (Phi) is 5.82. The third kappa shape index (κ3) is 5.05. The second-order valence-electron chi connectivity index (χ2n) is 6.14. The minimum Gasteiger partial charge on any atom is -0.431 e. The number of halogens is 3. The fourth-order valence-electron chi connectivity index (χ4n) is 2.50. The number of carbonyl (C=O) groups excluding carboxylic acids is 1. The lowest BCUT2D eigenvalue weighted by molar-refractivity contribution is -0.137. The van der Waals surface area contributed by atoms with Gasteiger partial charge in [0.15, 0.2) is 5.69 Å². The Morgan fingerprint density at radius 2 is 1.93 bits per heavy atom. The first-order valence-corrected chi connectivity index (χ1v) is 9.80. The lowest BCUT2D eigenvalue weighted by atomic mass is 10.1. The molecule has 0 spiro atoms. The first-order chi connectivity index (χ1) is 13.6. The Morgan fingerprint density at radius 1 is 1.24 bits per heavy atom. The van der Waals surface area contributed by atoms with Gasteiger partial charge in [0.25, 0.3) is 11.9 Å². The van der Waals surface area contributed by atoms with E-state index in [4.69, 9.17) is 9.15 Å². The highest BCUT2D eigenvalue weighted by Gasteiger charge is 2.31. The fourth-order valence-corrected chi connectivity index (χ4v) is 3.60. The molecule has 9 nitrogen and oxygen atoms in total. The van der Waals surface area contributed by atoms with Gasteiger partial charge in [-0.25, -0.2) is 4.72 Å². The largest absolute Gasteiger partial charge is 0.431 e. The van der Waals surface area contributed by atoms with Crippen molar-refractivity contribution in [1.29, 1.82) is 0 Å². The molecule has 13 heteroatoms. The zero-order chi connectivity index (χ0) is 21.2. The number of alkyl halides is 3. The molecule has 2 N–H and O–H groups in total. The summed E-state index contributed by atoms with van der Waals surface area (Å²) in [6.45, 7) is 2.20. The molecule has 1 fully saturated rings.